The van der Waals surface area contributed by atoms with Crippen molar-refractivity contribution in [2.24, 2.45) is 0 Å². The number of carbonyl (C=O) groups excluding carboxylic acids is 2. The molecule has 0 saturated heterocycles. The zero-order valence-corrected chi connectivity index (χ0v) is 15.8. The Balaban J connectivity index is 1.51. The van der Waals surface area contributed by atoms with E-state index in [1.807, 2.05) is 29.6 Å². The minimum absolute atomic E-state index is 0.104. The van der Waals surface area contributed by atoms with Crippen LogP contribution in [0.1, 0.15) is 31.5 Å². The van der Waals surface area contributed by atoms with Gasteiger partial charge in [-0.15, -0.1) is 11.3 Å². The number of aromatic nitrogens is 3. The first-order chi connectivity index (χ1) is 13.0. The summed E-state index contributed by atoms with van der Waals surface area (Å²) in [5.41, 5.74) is 2.41. The highest BCUT2D eigenvalue weighted by Crippen LogP contribution is 2.26. The van der Waals surface area contributed by atoms with E-state index in [1.165, 1.54) is 18.3 Å². The maximum Gasteiger partial charge on any atom is 0.226 e. The Morgan fingerprint density at radius 1 is 1.15 bits per heavy atom. The standard InChI is InChI=1S/C18H19N5O3S/c1-11-19-17(26-23-11)5-3-4-16(25)22-18-21-15(10-27-18)13-6-8-14(9-7-13)20-12(2)24/h6-10H,3-5H2,1-2H3,(H,20,24)(H,21,22,25). The van der Waals surface area contributed by atoms with Crippen molar-refractivity contribution in [2.45, 2.75) is 33.1 Å². The first-order valence-electron chi connectivity index (χ1n) is 8.42. The number of aryl methyl sites for hydroxylation is 2. The quantitative estimate of drug-likeness (QED) is 0.645. The lowest BCUT2D eigenvalue weighted by molar-refractivity contribution is -0.116. The Bertz CT molecular complexity index is 933. The van der Waals surface area contributed by atoms with Gasteiger partial charge in [0.2, 0.25) is 17.7 Å². The van der Waals surface area contributed by atoms with E-state index in [0.29, 0.717) is 36.1 Å². The molecule has 0 fully saturated rings. The van der Waals surface area contributed by atoms with Crippen LogP contribution in [0.3, 0.4) is 0 Å². The molecular formula is C18H19N5O3S. The average molecular weight is 385 g/mol. The van der Waals surface area contributed by atoms with Crippen LogP contribution in [0.15, 0.2) is 34.2 Å². The number of nitrogens with zero attached hydrogens (tertiary/aromatic N) is 3. The molecule has 0 atom stereocenters. The van der Waals surface area contributed by atoms with E-state index in [4.69, 9.17) is 4.52 Å². The van der Waals surface area contributed by atoms with Crippen LogP contribution in [0.4, 0.5) is 10.8 Å². The van der Waals surface area contributed by atoms with Gasteiger partial charge in [0.15, 0.2) is 11.0 Å². The van der Waals surface area contributed by atoms with Gasteiger partial charge >= 0.3 is 0 Å². The first-order valence-corrected chi connectivity index (χ1v) is 9.30. The predicted octanol–water partition coefficient (Wildman–Crippen LogP) is 3.42. The van der Waals surface area contributed by atoms with E-state index in [-0.39, 0.29) is 11.8 Å². The number of hydrogen-bond donors (Lipinski definition) is 2. The molecule has 3 aromatic rings. The Morgan fingerprint density at radius 3 is 2.59 bits per heavy atom. The number of amides is 2. The van der Waals surface area contributed by atoms with Gasteiger partial charge in [-0.05, 0) is 25.5 Å². The largest absolute Gasteiger partial charge is 0.339 e. The van der Waals surface area contributed by atoms with Gasteiger partial charge in [-0.25, -0.2) is 4.98 Å². The molecule has 2 N–H and O–H groups in total. The van der Waals surface area contributed by atoms with Crippen LogP contribution in [-0.2, 0) is 16.0 Å². The predicted molar refractivity (Wildman–Crippen MR) is 102 cm³/mol. The molecular weight excluding hydrogens is 366 g/mol. The van der Waals surface area contributed by atoms with Crippen molar-refractivity contribution in [3.63, 3.8) is 0 Å². The topological polar surface area (TPSA) is 110 Å². The number of carbonyl (C=O) groups is 2. The van der Waals surface area contributed by atoms with Crippen molar-refractivity contribution in [1.82, 2.24) is 15.1 Å². The van der Waals surface area contributed by atoms with Crippen LogP contribution < -0.4 is 10.6 Å². The van der Waals surface area contributed by atoms with Gasteiger partial charge in [0.25, 0.3) is 0 Å². The maximum atomic E-state index is 12.0. The summed E-state index contributed by atoms with van der Waals surface area (Å²) in [5, 5.41) is 11.7. The number of thiazole rings is 1. The van der Waals surface area contributed by atoms with Gasteiger partial charge in [-0.2, -0.15) is 4.98 Å². The Hall–Kier alpha value is -3.07. The molecule has 2 heterocycles. The summed E-state index contributed by atoms with van der Waals surface area (Å²) in [4.78, 5) is 31.7. The van der Waals surface area contributed by atoms with Crippen molar-refractivity contribution >= 4 is 34.0 Å². The number of benzene rings is 1. The molecule has 140 valence electrons. The Kier molecular flexibility index (Phi) is 5.92. The van der Waals surface area contributed by atoms with Crippen LogP contribution in [-0.4, -0.2) is 26.9 Å². The highest BCUT2D eigenvalue weighted by Gasteiger charge is 2.10. The molecule has 0 saturated carbocycles. The van der Waals surface area contributed by atoms with Gasteiger partial charge in [0.05, 0.1) is 5.69 Å². The lowest BCUT2D eigenvalue weighted by Crippen LogP contribution is -2.11. The summed E-state index contributed by atoms with van der Waals surface area (Å²) < 4.78 is 5.02. The fourth-order valence-electron chi connectivity index (χ4n) is 2.41. The monoisotopic (exact) mass is 385 g/mol. The summed E-state index contributed by atoms with van der Waals surface area (Å²) in [6, 6.07) is 7.37. The molecule has 9 heteroatoms. The minimum Gasteiger partial charge on any atom is -0.339 e. The van der Waals surface area contributed by atoms with Gasteiger partial charge < -0.3 is 15.2 Å². The van der Waals surface area contributed by atoms with Crippen molar-refractivity contribution in [1.29, 1.82) is 0 Å². The van der Waals surface area contributed by atoms with Gasteiger partial charge in [-0.1, -0.05) is 17.3 Å². The average Bonchev–Trinajstić information content (AvgIpc) is 3.24. The third-order valence-electron chi connectivity index (χ3n) is 3.62. The third kappa shape index (κ3) is 5.45. The zero-order chi connectivity index (χ0) is 19.2. The minimum atomic E-state index is -0.115. The summed E-state index contributed by atoms with van der Waals surface area (Å²) in [6.45, 7) is 3.22. The molecule has 0 unspecified atom stereocenters. The fraction of sp³-hybridized carbons (Fsp3) is 0.278. The number of hydrogen-bond acceptors (Lipinski definition) is 7. The highest BCUT2D eigenvalue weighted by atomic mass is 32.1. The van der Waals surface area contributed by atoms with Crippen molar-refractivity contribution in [3.8, 4) is 11.3 Å². The Morgan fingerprint density at radius 2 is 1.93 bits per heavy atom. The molecule has 0 spiro atoms. The number of rotatable bonds is 7. The smallest absolute Gasteiger partial charge is 0.226 e. The fourth-order valence-corrected chi connectivity index (χ4v) is 3.15. The van der Waals surface area contributed by atoms with Crippen molar-refractivity contribution < 1.29 is 14.1 Å². The first kappa shape index (κ1) is 18.7. The van der Waals surface area contributed by atoms with Crippen molar-refractivity contribution in [3.05, 3.63) is 41.4 Å². The molecule has 0 bridgehead atoms. The van der Waals surface area contributed by atoms with Crippen LogP contribution in [0.5, 0.6) is 0 Å². The second kappa shape index (κ2) is 8.54. The van der Waals surface area contributed by atoms with Gasteiger partial charge in [0, 0.05) is 36.4 Å². The van der Waals surface area contributed by atoms with E-state index in [2.05, 4.69) is 25.8 Å². The van der Waals surface area contributed by atoms with E-state index in [9.17, 15) is 9.59 Å². The summed E-state index contributed by atoms with van der Waals surface area (Å²) >= 11 is 1.37. The second-order valence-electron chi connectivity index (χ2n) is 5.93. The van der Waals surface area contributed by atoms with E-state index in [1.54, 1.807) is 6.92 Å². The SMILES string of the molecule is CC(=O)Nc1ccc(-c2csc(NC(=O)CCCc3nc(C)no3)n2)cc1. The highest BCUT2D eigenvalue weighted by molar-refractivity contribution is 7.14. The van der Waals surface area contributed by atoms with Crippen LogP contribution >= 0.6 is 11.3 Å². The molecule has 2 aromatic heterocycles. The molecule has 0 radical (unpaired) electrons. The molecule has 27 heavy (non-hydrogen) atoms. The molecule has 0 aliphatic carbocycles. The molecule has 1 aromatic carbocycles. The maximum absolute atomic E-state index is 12.0. The molecule has 0 aliphatic rings. The molecule has 8 nitrogen and oxygen atoms in total. The summed E-state index contributed by atoms with van der Waals surface area (Å²) in [6.07, 6.45) is 1.54. The van der Waals surface area contributed by atoms with Crippen LogP contribution in [0.25, 0.3) is 11.3 Å². The lowest BCUT2D eigenvalue weighted by Gasteiger charge is -2.03. The van der Waals surface area contributed by atoms with E-state index in [0.717, 1.165) is 16.9 Å². The summed E-state index contributed by atoms with van der Waals surface area (Å²) in [5.74, 6) is 0.915. The molecule has 3 rings (SSSR count). The molecule has 2 amide bonds. The van der Waals surface area contributed by atoms with Gasteiger partial charge in [0.1, 0.15) is 0 Å². The van der Waals surface area contributed by atoms with Crippen molar-refractivity contribution in [2.75, 3.05) is 10.6 Å². The lowest BCUT2D eigenvalue weighted by atomic mass is 10.1. The van der Waals surface area contributed by atoms with Crippen LogP contribution in [0, 0.1) is 6.92 Å². The van der Waals surface area contributed by atoms with Crippen LogP contribution in [0.2, 0.25) is 0 Å². The summed E-state index contributed by atoms with van der Waals surface area (Å²) in [7, 11) is 0. The number of nitrogens with one attached hydrogen (secondary N) is 2. The number of anilines is 2. The molecule has 0 aliphatic heterocycles. The third-order valence-corrected chi connectivity index (χ3v) is 4.37. The normalized spacial score (nSPS) is 10.6. The Labute approximate surface area is 160 Å². The van der Waals surface area contributed by atoms with E-state index < -0.39 is 0 Å². The van der Waals surface area contributed by atoms with Gasteiger partial charge in [-0.3, -0.25) is 9.59 Å². The second-order valence-corrected chi connectivity index (χ2v) is 6.79. The zero-order valence-electron chi connectivity index (χ0n) is 15.0. The van der Waals surface area contributed by atoms with E-state index >= 15 is 0 Å².